The van der Waals surface area contributed by atoms with Crippen LogP contribution >= 0.6 is 0 Å². The Hall–Kier alpha value is -2.30. The molecule has 0 aliphatic rings. The number of likely N-dealkylation sites (N-methyl/N-ethyl adjacent to an activating group) is 1. The highest BCUT2D eigenvalue weighted by atomic mass is 16.2. The maximum atomic E-state index is 12.7. The first-order valence-corrected chi connectivity index (χ1v) is 9.22. The first-order valence-electron chi connectivity index (χ1n) is 9.22. The molecule has 0 unspecified atom stereocenters. The minimum absolute atomic E-state index is 0.122. The molecule has 0 bridgehead atoms. The fourth-order valence-electron chi connectivity index (χ4n) is 3.06. The van der Waals surface area contributed by atoms with E-state index in [0.717, 1.165) is 34.7 Å². The van der Waals surface area contributed by atoms with E-state index in [2.05, 4.69) is 55.0 Å². The highest BCUT2D eigenvalue weighted by Crippen LogP contribution is 2.17. The van der Waals surface area contributed by atoms with Gasteiger partial charge >= 0.3 is 0 Å². The third-order valence-corrected chi connectivity index (χ3v) is 4.70. The van der Waals surface area contributed by atoms with Crippen molar-refractivity contribution in [2.75, 3.05) is 26.0 Å². The minimum Gasteiger partial charge on any atom is -0.378 e. The number of benzene rings is 1. The van der Waals surface area contributed by atoms with Crippen molar-refractivity contribution in [2.24, 2.45) is 5.92 Å². The lowest BCUT2D eigenvalue weighted by molar-refractivity contribution is -0.129. The second kappa shape index (κ2) is 8.39. The van der Waals surface area contributed by atoms with Gasteiger partial charge in [0.15, 0.2) is 0 Å². The van der Waals surface area contributed by atoms with Crippen LogP contribution < -0.4 is 4.90 Å². The van der Waals surface area contributed by atoms with Crippen molar-refractivity contribution in [1.82, 2.24) is 14.7 Å². The van der Waals surface area contributed by atoms with E-state index in [4.69, 9.17) is 0 Å². The van der Waals surface area contributed by atoms with Gasteiger partial charge in [-0.1, -0.05) is 26.0 Å². The molecule has 0 aliphatic carbocycles. The van der Waals surface area contributed by atoms with E-state index in [0.29, 0.717) is 18.9 Å². The van der Waals surface area contributed by atoms with Gasteiger partial charge in [-0.2, -0.15) is 5.10 Å². The number of nitrogens with zero attached hydrogens (tertiary/aromatic N) is 4. The zero-order valence-electron chi connectivity index (χ0n) is 17.2. The molecule has 1 amide bonds. The Balaban J connectivity index is 2.04. The fraction of sp³-hybridized carbons (Fsp3) is 0.524. The molecule has 2 aromatic rings. The summed E-state index contributed by atoms with van der Waals surface area (Å²) in [5.74, 6) is 0.654. The number of hydrogen-bond acceptors (Lipinski definition) is 3. The number of carbonyl (C=O) groups is 1. The second-order valence-electron chi connectivity index (χ2n) is 7.71. The van der Waals surface area contributed by atoms with Crippen LogP contribution in [0.15, 0.2) is 24.3 Å². The molecule has 0 saturated heterocycles. The predicted octanol–water partition coefficient (Wildman–Crippen LogP) is 3.42. The number of carbonyl (C=O) groups excluding carboxylic acids is 1. The number of aryl methyl sites for hydroxylation is 1. The molecule has 1 aromatic carbocycles. The molecular formula is C21H32N4O. The Bertz CT molecular complexity index is 744. The van der Waals surface area contributed by atoms with E-state index < -0.39 is 0 Å². The summed E-state index contributed by atoms with van der Waals surface area (Å²) >= 11 is 0. The molecule has 5 nitrogen and oxygen atoms in total. The van der Waals surface area contributed by atoms with Crippen molar-refractivity contribution in [2.45, 2.75) is 47.2 Å². The minimum atomic E-state index is 0.122. The van der Waals surface area contributed by atoms with E-state index in [9.17, 15) is 4.79 Å². The first kappa shape index (κ1) is 20.0. The average Bonchev–Trinajstić information content (AvgIpc) is 2.82. The van der Waals surface area contributed by atoms with Crippen molar-refractivity contribution < 1.29 is 4.79 Å². The largest absolute Gasteiger partial charge is 0.378 e. The van der Waals surface area contributed by atoms with E-state index in [1.54, 1.807) is 4.90 Å². The smallest absolute Gasteiger partial charge is 0.227 e. The summed E-state index contributed by atoms with van der Waals surface area (Å²) in [5.41, 5.74) is 5.42. The monoisotopic (exact) mass is 356 g/mol. The molecule has 5 heteroatoms. The highest BCUT2D eigenvalue weighted by Gasteiger charge is 2.18. The first-order chi connectivity index (χ1) is 12.2. The molecule has 26 heavy (non-hydrogen) atoms. The van der Waals surface area contributed by atoms with Gasteiger partial charge in [0.1, 0.15) is 0 Å². The van der Waals surface area contributed by atoms with Gasteiger partial charge in [-0.25, -0.2) is 0 Å². The molecule has 0 fully saturated rings. The quantitative estimate of drug-likeness (QED) is 0.763. The SMILES string of the molecule is Cc1nn(CC(C)C)c(C)c1CC(=O)N(C)Cc1ccc(N(C)C)cc1. The van der Waals surface area contributed by atoms with Crippen molar-refractivity contribution in [3.8, 4) is 0 Å². The molecule has 1 aromatic heterocycles. The lowest BCUT2D eigenvalue weighted by atomic mass is 10.1. The van der Waals surface area contributed by atoms with Crippen LogP contribution in [-0.4, -0.2) is 41.7 Å². The maximum absolute atomic E-state index is 12.7. The van der Waals surface area contributed by atoms with Crippen LogP contribution in [0.4, 0.5) is 5.69 Å². The molecule has 2 rings (SSSR count). The van der Waals surface area contributed by atoms with Crippen molar-refractivity contribution in [1.29, 1.82) is 0 Å². The maximum Gasteiger partial charge on any atom is 0.227 e. The van der Waals surface area contributed by atoms with Crippen LogP contribution in [0.2, 0.25) is 0 Å². The number of anilines is 1. The van der Waals surface area contributed by atoms with Gasteiger partial charge in [-0.3, -0.25) is 9.48 Å². The van der Waals surface area contributed by atoms with Crippen LogP contribution in [-0.2, 0) is 24.3 Å². The molecular weight excluding hydrogens is 324 g/mol. The number of hydrogen-bond donors (Lipinski definition) is 0. The Morgan fingerprint density at radius 3 is 2.27 bits per heavy atom. The Morgan fingerprint density at radius 2 is 1.73 bits per heavy atom. The van der Waals surface area contributed by atoms with Crippen molar-refractivity contribution in [3.63, 3.8) is 0 Å². The standard InChI is InChI=1S/C21H32N4O/c1-15(2)13-25-17(4)20(16(3)22-25)12-21(26)24(7)14-18-8-10-19(11-9-18)23(5)6/h8-11,15H,12-14H2,1-7H3. The lowest BCUT2D eigenvalue weighted by Crippen LogP contribution is -2.28. The molecule has 0 saturated carbocycles. The zero-order valence-corrected chi connectivity index (χ0v) is 17.2. The predicted molar refractivity (Wildman–Crippen MR) is 107 cm³/mol. The summed E-state index contributed by atoms with van der Waals surface area (Å²) in [4.78, 5) is 16.6. The highest BCUT2D eigenvalue weighted by molar-refractivity contribution is 5.79. The van der Waals surface area contributed by atoms with Crippen molar-refractivity contribution >= 4 is 11.6 Å². The summed E-state index contributed by atoms with van der Waals surface area (Å²) in [6, 6.07) is 8.32. The molecule has 142 valence electrons. The van der Waals surface area contributed by atoms with E-state index in [-0.39, 0.29) is 5.91 Å². The van der Waals surface area contributed by atoms with Gasteiger partial charge in [0.2, 0.25) is 5.91 Å². The van der Waals surface area contributed by atoms with Crippen LogP contribution in [0.5, 0.6) is 0 Å². The normalized spacial score (nSPS) is 11.1. The molecule has 0 radical (unpaired) electrons. The van der Waals surface area contributed by atoms with Gasteiger partial charge in [-0.05, 0) is 37.5 Å². The van der Waals surface area contributed by atoms with Crippen LogP contribution in [0.1, 0.15) is 36.4 Å². The molecule has 0 atom stereocenters. The summed E-state index contributed by atoms with van der Waals surface area (Å²) < 4.78 is 2.03. The van der Waals surface area contributed by atoms with Gasteiger partial charge in [0, 0.05) is 51.2 Å². The number of amides is 1. The summed E-state index contributed by atoms with van der Waals surface area (Å²) in [7, 11) is 5.91. The Kier molecular flexibility index (Phi) is 6.46. The van der Waals surface area contributed by atoms with Gasteiger partial charge in [-0.15, -0.1) is 0 Å². The fourth-order valence-corrected chi connectivity index (χ4v) is 3.06. The molecule has 0 spiro atoms. The third kappa shape index (κ3) is 4.87. The van der Waals surface area contributed by atoms with E-state index in [1.165, 1.54) is 0 Å². The average molecular weight is 357 g/mol. The van der Waals surface area contributed by atoms with Crippen LogP contribution in [0.25, 0.3) is 0 Å². The van der Waals surface area contributed by atoms with E-state index >= 15 is 0 Å². The molecule has 0 N–H and O–H groups in total. The third-order valence-electron chi connectivity index (χ3n) is 4.70. The number of rotatable bonds is 7. The summed E-state index contributed by atoms with van der Waals surface area (Å²) in [5, 5.41) is 4.61. The van der Waals surface area contributed by atoms with Gasteiger partial charge in [0.25, 0.3) is 0 Å². The van der Waals surface area contributed by atoms with Crippen molar-refractivity contribution in [3.05, 3.63) is 46.8 Å². The zero-order chi connectivity index (χ0) is 19.4. The Labute approximate surface area is 157 Å². The summed E-state index contributed by atoms with van der Waals surface area (Å²) in [6.07, 6.45) is 0.405. The second-order valence-corrected chi connectivity index (χ2v) is 7.71. The molecule has 0 aliphatic heterocycles. The number of aromatic nitrogens is 2. The molecule has 1 heterocycles. The van der Waals surface area contributed by atoms with Gasteiger partial charge in [0.05, 0.1) is 12.1 Å². The topological polar surface area (TPSA) is 41.4 Å². The van der Waals surface area contributed by atoms with Crippen LogP contribution in [0, 0.1) is 19.8 Å². The van der Waals surface area contributed by atoms with Gasteiger partial charge < -0.3 is 9.80 Å². The van der Waals surface area contributed by atoms with E-state index in [1.807, 2.05) is 32.7 Å². The van der Waals surface area contributed by atoms with Crippen LogP contribution in [0.3, 0.4) is 0 Å². The summed E-state index contributed by atoms with van der Waals surface area (Å²) in [6.45, 7) is 9.91. The lowest BCUT2D eigenvalue weighted by Gasteiger charge is -2.19. The Morgan fingerprint density at radius 1 is 1.12 bits per heavy atom.